The molecular weight excluding hydrogens is 164 g/mol. The molecule has 70 valence electrons. The van der Waals surface area contributed by atoms with Crippen LogP contribution in [0.5, 0.6) is 0 Å². The zero-order valence-electron chi connectivity index (χ0n) is 7.73. The molecule has 13 heavy (non-hydrogen) atoms. The fourth-order valence-corrected chi connectivity index (χ4v) is 1.30. The van der Waals surface area contributed by atoms with Crippen LogP contribution >= 0.6 is 0 Å². The Morgan fingerprint density at radius 3 is 3.00 bits per heavy atom. The van der Waals surface area contributed by atoms with Crippen molar-refractivity contribution >= 4 is 5.84 Å². The highest BCUT2D eigenvalue weighted by atomic mass is 16.3. The molecule has 1 aliphatic rings. The van der Waals surface area contributed by atoms with E-state index in [1.54, 1.807) is 6.26 Å². The van der Waals surface area contributed by atoms with E-state index in [4.69, 9.17) is 10.2 Å². The molecule has 0 aliphatic heterocycles. The fourth-order valence-electron chi connectivity index (χ4n) is 1.30. The summed E-state index contributed by atoms with van der Waals surface area (Å²) in [6, 6.07) is 3.85. The quantitative estimate of drug-likeness (QED) is 0.569. The zero-order chi connectivity index (χ0) is 9.26. The van der Waals surface area contributed by atoms with Gasteiger partial charge in [-0.1, -0.05) is 0 Å². The Bertz CT molecular complexity index is 299. The second-order valence-electron chi connectivity index (χ2n) is 3.52. The molecule has 1 aromatic heterocycles. The number of nitrogens with two attached hydrogens (primary N) is 1. The molecule has 0 amide bonds. The van der Waals surface area contributed by atoms with Crippen molar-refractivity contribution in [2.75, 3.05) is 0 Å². The molecule has 1 heterocycles. The number of amidine groups is 1. The molecule has 0 aromatic carbocycles. The minimum Gasteiger partial charge on any atom is -0.467 e. The third-order valence-electron chi connectivity index (χ3n) is 2.29. The summed E-state index contributed by atoms with van der Waals surface area (Å²) in [7, 11) is 0. The van der Waals surface area contributed by atoms with Crippen LogP contribution in [-0.4, -0.2) is 5.84 Å². The lowest BCUT2D eigenvalue weighted by Gasteiger charge is -2.03. The number of hydrogen-bond acceptors (Lipinski definition) is 2. The van der Waals surface area contributed by atoms with Gasteiger partial charge in [0.15, 0.2) is 0 Å². The summed E-state index contributed by atoms with van der Waals surface area (Å²) in [6.45, 7) is 1.99. The lowest BCUT2D eigenvalue weighted by molar-refractivity contribution is 0.480. The van der Waals surface area contributed by atoms with Crippen molar-refractivity contribution in [2.24, 2.45) is 16.6 Å². The highest BCUT2D eigenvalue weighted by Gasteiger charge is 2.26. The standard InChI is InChI=1S/C10H14N2O/c1-7(9-3-2-6-13-9)12-10(11)8-4-5-8/h2-3,6-8H,4-5H2,1H3,(H2,11,12). The Balaban J connectivity index is 2.05. The first-order valence-electron chi connectivity index (χ1n) is 4.64. The molecule has 1 aromatic rings. The van der Waals surface area contributed by atoms with Crippen LogP contribution in [0.25, 0.3) is 0 Å². The van der Waals surface area contributed by atoms with Crippen LogP contribution in [0, 0.1) is 5.92 Å². The van der Waals surface area contributed by atoms with Crippen molar-refractivity contribution in [3.8, 4) is 0 Å². The minimum atomic E-state index is 0.0515. The van der Waals surface area contributed by atoms with Crippen molar-refractivity contribution in [3.05, 3.63) is 24.2 Å². The van der Waals surface area contributed by atoms with Crippen LogP contribution in [0.3, 0.4) is 0 Å². The molecule has 0 saturated heterocycles. The Hall–Kier alpha value is -1.25. The largest absolute Gasteiger partial charge is 0.467 e. The van der Waals surface area contributed by atoms with Gasteiger partial charge in [0, 0.05) is 5.92 Å². The summed E-state index contributed by atoms with van der Waals surface area (Å²) in [4.78, 5) is 4.38. The van der Waals surface area contributed by atoms with Gasteiger partial charge in [-0.25, -0.2) is 0 Å². The summed E-state index contributed by atoms with van der Waals surface area (Å²) >= 11 is 0. The van der Waals surface area contributed by atoms with Crippen LogP contribution in [0.15, 0.2) is 27.8 Å². The first-order valence-corrected chi connectivity index (χ1v) is 4.64. The molecule has 2 N–H and O–H groups in total. The molecule has 1 saturated carbocycles. The van der Waals surface area contributed by atoms with Crippen molar-refractivity contribution < 1.29 is 4.42 Å². The fraction of sp³-hybridized carbons (Fsp3) is 0.500. The van der Waals surface area contributed by atoms with E-state index in [-0.39, 0.29) is 6.04 Å². The van der Waals surface area contributed by atoms with Crippen LogP contribution in [0.1, 0.15) is 31.6 Å². The van der Waals surface area contributed by atoms with Crippen molar-refractivity contribution in [1.82, 2.24) is 0 Å². The lowest BCUT2D eigenvalue weighted by Crippen LogP contribution is -2.15. The Kier molecular flexibility index (Phi) is 2.08. The lowest BCUT2D eigenvalue weighted by atomic mass is 10.2. The van der Waals surface area contributed by atoms with Gasteiger partial charge in [-0.3, -0.25) is 4.99 Å². The Morgan fingerprint density at radius 2 is 2.46 bits per heavy atom. The molecule has 0 bridgehead atoms. The van der Waals surface area contributed by atoms with E-state index in [0.29, 0.717) is 5.92 Å². The third kappa shape index (κ3) is 1.91. The van der Waals surface area contributed by atoms with Crippen LogP contribution < -0.4 is 5.73 Å². The SMILES string of the molecule is CC(N=C(N)C1CC1)c1ccco1. The first-order chi connectivity index (χ1) is 6.27. The van der Waals surface area contributed by atoms with E-state index in [1.165, 1.54) is 12.8 Å². The topological polar surface area (TPSA) is 51.5 Å². The number of hydrogen-bond donors (Lipinski definition) is 1. The Morgan fingerprint density at radius 1 is 1.69 bits per heavy atom. The predicted octanol–water partition coefficient (Wildman–Crippen LogP) is 2.11. The van der Waals surface area contributed by atoms with Gasteiger partial charge in [0.25, 0.3) is 0 Å². The highest BCUT2D eigenvalue weighted by molar-refractivity contribution is 5.85. The monoisotopic (exact) mass is 178 g/mol. The summed E-state index contributed by atoms with van der Waals surface area (Å²) in [5, 5.41) is 0. The number of rotatable bonds is 3. The summed E-state index contributed by atoms with van der Waals surface area (Å²) in [5.74, 6) is 2.20. The maximum Gasteiger partial charge on any atom is 0.128 e. The highest BCUT2D eigenvalue weighted by Crippen LogP contribution is 2.30. The molecule has 1 atom stereocenters. The van der Waals surface area contributed by atoms with Gasteiger partial charge >= 0.3 is 0 Å². The first kappa shape index (κ1) is 8.35. The average molecular weight is 178 g/mol. The van der Waals surface area contributed by atoms with E-state index in [9.17, 15) is 0 Å². The molecule has 1 fully saturated rings. The second kappa shape index (κ2) is 3.24. The van der Waals surface area contributed by atoms with E-state index < -0.39 is 0 Å². The molecule has 0 spiro atoms. The molecular formula is C10H14N2O. The van der Waals surface area contributed by atoms with Gasteiger partial charge in [-0.05, 0) is 31.9 Å². The molecule has 3 nitrogen and oxygen atoms in total. The van der Waals surface area contributed by atoms with Gasteiger partial charge in [-0.15, -0.1) is 0 Å². The number of furan rings is 1. The van der Waals surface area contributed by atoms with E-state index in [2.05, 4.69) is 4.99 Å². The van der Waals surface area contributed by atoms with Crippen LogP contribution in [0.4, 0.5) is 0 Å². The van der Waals surface area contributed by atoms with Crippen molar-refractivity contribution in [1.29, 1.82) is 0 Å². The zero-order valence-corrected chi connectivity index (χ0v) is 7.73. The van der Waals surface area contributed by atoms with E-state index >= 15 is 0 Å². The number of aliphatic imine (C=N–C) groups is 1. The van der Waals surface area contributed by atoms with Gasteiger partial charge in [0.2, 0.25) is 0 Å². The van der Waals surface area contributed by atoms with Gasteiger partial charge in [0.05, 0.1) is 12.1 Å². The summed E-state index contributed by atoms with van der Waals surface area (Å²) in [6.07, 6.45) is 4.05. The second-order valence-corrected chi connectivity index (χ2v) is 3.52. The average Bonchev–Trinajstić information content (AvgIpc) is 2.81. The summed E-state index contributed by atoms with van der Waals surface area (Å²) in [5.41, 5.74) is 5.79. The van der Waals surface area contributed by atoms with Gasteiger partial charge in [0.1, 0.15) is 11.8 Å². The maximum absolute atomic E-state index is 5.79. The predicted molar refractivity (Wildman–Crippen MR) is 51.5 cm³/mol. The van der Waals surface area contributed by atoms with Crippen molar-refractivity contribution in [3.63, 3.8) is 0 Å². The van der Waals surface area contributed by atoms with Gasteiger partial charge in [-0.2, -0.15) is 0 Å². The maximum atomic E-state index is 5.79. The normalized spacial score (nSPS) is 20.2. The van der Waals surface area contributed by atoms with Crippen molar-refractivity contribution in [2.45, 2.75) is 25.8 Å². The Labute approximate surface area is 77.6 Å². The molecule has 0 radical (unpaired) electrons. The van der Waals surface area contributed by atoms with E-state index in [1.807, 2.05) is 19.1 Å². The van der Waals surface area contributed by atoms with Crippen LogP contribution in [0.2, 0.25) is 0 Å². The summed E-state index contributed by atoms with van der Waals surface area (Å²) < 4.78 is 5.23. The van der Waals surface area contributed by atoms with Crippen LogP contribution in [-0.2, 0) is 0 Å². The number of nitrogens with zero attached hydrogens (tertiary/aromatic N) is 1. The molecule has 1 aliphatic carbocycles. The minimum absolute atomic E-state index is 0.0515. The molecule has 2 rings (SSSR count). The molecule has 1 unspecified atom stereocenters. The third-order valence-corrected chi connectivity index (χ3v) is 2.29. The molecule has 3 heteroatoms. The smallest absolute Gasteiger partial charge is 0.128 e. The van der Waals surface area contributed by atoms with Gasteiger partial charge < -0.3 is 10.2 Å². The van der Waals surface area contributed by atoms with E-state index in [0.717, 1.165) is 11.6 Å².